The van der Waals surface area contributed by atoms with Crippen LogP contribution in [-0.2, 0) is 11.3 Å². The van der Waals surface area contributed by atoms with Crippen molar-refractivity contribution in [2.45, 2.75) is 33.7 Å². The van der Waals surface area contributed by atoms with Gasteiger partial charge in [0.2, 0.25) is 0 Å². The first kappa shape index (κ1) is 15.5. The van der Waals surface area contributed by atoms with Crippen LogP contribution >= 0.6 is 0 Å². The molecule has 106 valence electrons. The van der Waals surface area contributed by atoms with Crippen LogP contribution in [0.3, 0.4) is 0 Å². The standard InChI is InChI=1S/C15H24N2O2/c1-4-8-17(11-15(2,3)14(18)19)10-12-6-5-7-13(16)9-12/h5-7,9H,4,8,10-11,16H2,1-3H3,(H,18,19). The predicted octanol–water partition coefficient (Wildman–Crippen LogP) is 2.59. The molecule has 0 aliphatic heterocycles. The fourth-order valence-corrected chi connectivity index (χ4v) is 2.11. The molecule has 0 heterocycles. The summed E-state index contributed by atoms with van der Waals surface area (Å²) in [6.07, 6.45) is 0.998. The third kappa shape index (κ3) is 4.91. The number of anilines is 1. The fraction of sp³-hybridized carbons (Fsp3) is 0.533. The largest absolute Gasteiger partial charge is 0.481 e. The van der Waals surface area contributed by atoms with E-state index in [1.165, 1.54) is 0 Å². The highest BCUT2D eigenvalue weighted by Gasteiger charge is 2.29. The highest BCUT2D eigenvalue weighted by molar-refractivity contribution is 5.73. The number of benzene rings is 1. The van der Waals surface area contributed by atoms with Crippen LogP contribution in [0.2, 0.25) is 0 Å². The molecular formula is C15H24N2O2. The lowest BCUT2D eigenvalue weighted by atomic mass is 9.93. The van der Waals surface area contributed by atoms with Gasteiger partial charge in [-0.25, -0.2) is 0 Å². The van der Waals surface area contributed by atoms with Crippen LogP contribution in [-0.4, -0.2) is 29.1 Å². The molecule has 0 saturated heterocycles. The molecule has 0 amide bonds. The topological polar surface area (TPSA) is 66.6 Å². The molecule has 0 atom stereocenters. The van der Waals surface area contributed by atoms with Gasteiger partial charge in [-0.3, -0.25) is 9.69 Å². The Morgan fingerprint density at radius 3 is 2.63 bits per heavy atom. The summed E-state index contributed by atoms with van der Waals surface area (Å²) in [4.78, 5) is 13.4. The van der Waals surface area contributed by atoms with Gasteiger partial charge in [0.1, 0.15) is 0 Å². The summed E-state index contributed by atoms with van der Waals surface area (Å²) in [6, 6.07) is 7.75. The molecule has 0 saturated carbocycles. The molecule has 1 rings (SSSR count). The number of hydrogen-bond donors (Lipinski definition) is 2. The molecular weight excluding hydrogens is 240 g/mol. The molecule has 3 N–H and O–H groups in total. The minimum Gasteiger partial charge on any atom is -0.481 e. The van der Waals surface area contributed by atoms with Gasteiger partial charge in [0.05, 0.1) is 5.41 Å². The Labute approximate surface area is 115 Å². The third-order valence-corrected chi connectivity index (χ3v) is 3.09. The number of nitrogen functional groups attached to an aromatic ring is 1. The van der Waals surface area contributed by atoms with E-state index in [0.29, 0.717) is 6.54 Å². The molecule has 0 aliphatic rings. The highest BCUT2D eigenvalue weighted by Crippen LogP contribution is 2.19. The summed E-state index contributed by atoms with van der Waals surface area (Å²) in [7, 11) is 0. The van der Waals surface area contributed by atoms with Gasteiger partial charge >= 0.3 is 5.97 Å². The number of nitrogens with two attached hydrogens (primary N) is 1. The van der Waals surface area contributed by atoms with E-state index in [-0.39, 0.29) is 0 Å². The van der Waals surface area contributed by atoms with Crippen LogP contribution in [0.25, 0.3) is 0 Å². The number of rotatable bonds is 7. The molecule has 1 aromatic rings. The number of carboxylic acids is 1. The molecule has 0 fully saturated rings. The van der Waals surface area contributed by atoms with E-state index < -0.39 is 11.4 Å². The van der Waals surface area contributed by atoms with E-state index in [1.807, 2.05) is 24.3 Å². The smallest absolute Gasteiger partial charge is 0.310 e. The van der Waals surface area contributed by atoms with Crippen molar-refractivity contribution in [3.05, 3.63) is 29.8 Å². The van der Waals surface area contributed by atoms with E-state index in [9.17, 15) is 9.90 Å². The van der Waals surface area contributed by atoms with Crippen LogP contribution in [0.5, 0.6) is 0 Å². The molecule has 0 unspecified atom stereocenters. The third-order valence-electron chi connectivity index (χ3n) is 3.09. The van der Waals surface area contributed by atoms with Crippen LogP contribution in [0.1, 0.15) is 32.8 Å². The molecule has 0 spiro atoms. The number of aliphatic carboxylic acids is 1. The molecule has 0 aromatic heterocycles. The Morgan fingerprint density at radius 1 is 1.42 bits per heavy atom. The second-order valence-electron chi connectivity index (χ2n) is 5.64. The van der Waals surface area contributed by atoms with Crippen molar-refractivity contribution in [1.82, 2.24) is 4.90 Å². The summed E-state index contributed by atoms with van der Waals surface area (Å²) in [6.45, 7) is 7.76. The maximum atomic E-state index is 11.2. The van der Waals surface area contributed by atoms with Gasteiger partial charge in [0.25, 0.3) is 0 Å². The maximum Gasteiger partial charge on any atom is 0.310 e. The first-order valence-electron chi connectivity index (χ1n) is 6.65. The second-order valence-corrected chi connectivity index (χ2v) is 5.64. The number of carbonyl (C=O) groups is 1. The number of carboxylic acid groups (broad SMARTS) is 1. The maximum absolute atomic E-state index is 11.2. The minimum absolute atomic E-state index is 0.533. The van der Waals surface area contributed by atoms with Gasteiger partial charge < -0.3 is 10.8 Å². The van der Waals surface area contributed by atoms with Gasteiger partial charge in [-0.05, 0) is 44.5 Å². The van der Waals surface area contributed by atoms with Crippen molar-refractivity contribution < 1.29 is 9.90 Å². The van der Waals surface area contributed by atoms with Crippen molar-refractivity contribution in [3.63, 3.8) is 0 Å². The van der Waals surface area contributed by atoms with Crippen molar-refractivity contribution >= 4 is 11.7 Å². The average Bonchev–Trinajstić information content (AvgIpc) is 2.28. The monoisotopic (exact) mass is 264 g/mol. The van der Waals surface area contributed by atoms with Crippen LogP contribution in [0.15, 0.2) is 24.3 Å². The lowest BCUT2D eigenvalue weighted by molar-refractivity contribution is -0.148. The number of nitrogens with zero attached hydrogens (tertiary/aromatic N) is 1. The van der Waals surface area contributed by atoms with Crippen LogP contribution < -0.4 is 5.73 Å². The Balaban J connectivity index is 2.75. The van der Waals surface area contributed by atoms with Crippen molar-refractivity contribution in [3.8, 4) is 0 Å². The Hall–Kier alpha value is -1.55. The number of hydrogen-bond acceptors (Lipinski definition) is 3. The summed E-state index contributed by atoms with van der Waals surface area (Å²) >= 11 is 0. The quantitative estimate of drug-likeness (QED) is 0.743. The molecule has 0 bridgehead atoms. The van der Waals surface area contributed by atoms with Gasteiger partial charge in [-0.15, -0.1) is 0 Å². The lowest BCUT2D eigenvalue weighted by Gasteiger charge is -2.29. The molecule has 4 nitrogen and oxygen atoms in total. The zero-order chi connectivity index (χ0) is 14.5. The Bertz CT molecular complexity index is 430. The minimum atomic E-state index is -0.763. The van der Waals surface area contributed by atoms with Crippen molar-refractivity contribution in [2.24, 2.45) is 5.41 Å². The summed E-state index contributed by atoms with van der Waals surface area (Å²) < 4.78 is 0. The van der Waals surface area contributed by atoms with Crippen molar-refractivity contribution in [2.75, 3.05) is 18.8 Å². The fourth-order valence-electron chi connectivity index (χ4n) is 2.11. The average molecular weight is 264 g/mol. The predicted molar refractivity (Wildman–Crippen MR) is 77.8 cm³/mol. The van der Waals surface area contributed by atoms with Crippen LogP contribution in [0, 0.1) is 5.41 Å². The Morgan fingerprint density at radius 2 is 2.11 bits per heavy atom. The Kier molecular flexibility index (Phi) is 5.36. The SMILES string of the molecule is CCCN(Cc1cccc(N)c1)CC(C)(C)C(=O)O. The van der Waals surface area contributed by atoms with Crippen LogP contribution in [0.4, 0.5) is 5.69 Å². The summed E-state index contributed by atoms with van der Waals surface area (Å²) in [5.41, 5.74) is 6.89. The highest BCUT2D eigenvalue weighted by atomic mass is 16.4. The summed E-state index contributed by atoms with van der Waals surface area (Å²) in [5.74, 6) is -0.763. The normalized spacial score (nSPS) is 11.8. The molecule has 0 radical (unpaired) electrons. The van der Waals surface area contributed by atoms with E-state index in [1.54, 1.807) is 13.8 Å². The first-order chi connectivity index (χ1) is 8.85. The first-order valence-corrected chi connectivity index (χ1v) is 6.65. The van der Waals surface area contributed by atoms with E-state index >= 15 is 0 Å². The van der Waals surface area contributed by atoms with Gasteiger partial charge in [0, 0.05) is 18.8 Å². The lowest BCUT2D eigenvalue weighted by Crippen LogP contribution is -2.39. The molecule has 0 aliphatic carbocycles. The second kappa shape index (κ2) is 6.57. The zero-order valence-electron chi connectivity index (χ0n) is 12.0. The molecule has 19 heavy (non-hydrogen) atoms. The van der Waals surface area contributed by atoms with Gasteiger partial charge in [0.15, 0.2) is 0 Å². The van der Waals surface area contributed by atoms with Gasteiger partial charge in [-0.2, -0.15) is 0 Å². The van der Waals surface area contributed by atoms with Crippen molar-refractivity contribution in [1.29, 1.82) is 0 Å². The van der Waals surface area contributed by atoms with E-state index in [4.69, 9.17) is 5.73 Å². The van der Waals surface area contributed by atoms with E-state index in [2.05, 4.69) is 11.8 Å². The van der Waals surface area contributed by atoms with Gasteiger partial charge in [-0.1, -0.05) is 19.1 Å². The summed E-state index contributed by atoms with van der Waals surface area (Å²) in [5, 5.41) is 9.22. The van der Waals surface area contributed by atoms with E-state index in [0.717, 1.165) is 30.8 Å². The molecule has 1 aromatic carbocycles. The zero-order valence-corrected chi connectivity index (χ0v) is 12.0. The molecule has 4 heteroatoms.